The molecule has 8 saturated carbocycles. The van der Waals surface area contributed by atoms with E-state index in [9.17, 15) is 0 Å². The first-order chi connectivity index (χ1) is 10.8. The minimum Gasteiger partial charge on any atom is -0.183 e. The normalized spacial score (nSPS) is 69.1. The van der Waals surface area contributed by atoms with Crippen LogP contribution < -0.4 is 0 Å². The monoisotopic (exact) mass is 296 g/mol. The summed E-state index contributed by atoms with van der Waals surface area (Å²) in [6.07, 6.45) is 15.2. The van der Waals surface area contributed by atoms with Gasteiger partial charge in [-0.1, -0.05) is 0 Å². The van der Waals surface area contributed by atoms with Gasteiger partial charge in [0.2, 0.25) is 0 Å². The maximum atomic E-state index is 5.12. The molecule has 1 heterocycles. The lowest BCUT2D eigenvalue weighted by Gasteiger charge is -2.74. The summed E-state index contributed by atoms with van der Waals surface area (Å²) in [5.74, 6) is 7.99. The predicted molar refractivity (Wildman–Crippen MR) is 84.4 cm³/mol. The van der Waals surface area contributed by atoms with Crippen molar-refractivity contribution < 1.29 is 0 Å². The predicted octanol–water partition coefficient (Wildman–Crippen LogP) is 4.84. The highest BCUT2D eigenvalue weighted by Gasteiger charge is 2.77. The Morgan fingerprint density at radius 2 is 0.682 bits per heavy atom. The zero-order valence-electron chi connectivity index (χ0n) is 13.6. The summed E-state index contributed by atoms with van der Waals surface area (Å²) in [6, 6.07) is 0. The van der Waals surface area contributed by atoms with Crippen molar-refractivity contribution in [3.63, 3.8) is 0 Å². The van der Waals surface area contributed by atoms with Gasteiger partial charge in [-0.15, -0.1) is 0 Å². The molecule has 0 amide bonds. The summed E-state index contributed by atoms with van der Waals surface area (Å²) in [7, 11) is 0. The van der Waals surface area contributed by atoms with Crippen molar-refractivity contribution in [2.24, 2.45) is 57.6 Å². The second kappa shape index (κ2) is 3.49. The molecule has 118 valence electrons. The summed E-state index contributed by atoms with van der Waals surface area (Å²) in [5, 5.41) is 10.2. The molecular formula is C20H28N2. The third-order valence-electron chi connectivity index (χ3n) is 9.79. The average Bonchev–Trinajstić information content (AvgIpc) is 2.44. The molecule has 2 heteroatoms. The number of nitrogens with zero attached hydrogens (tertiary/aromatic N) is 2. The highest BCUT2D eigenvalue weighted by molar-refractivity contribution is 5.32. The van der Waals surface area contributed by atoms with E-state index in [2.05, 4.69) is 0 Å². The van der Waals surface area contributed by atoms with Gasteiger partial charge in [-0.25, -0.2) is 0 Å². The third kappa shape index (κ3) is 1.07. The second-order valence-corrected chi connectivity index (χ2v) is 10.5. The zero-order chi connectivity index (χ0) is 14.1. The Balaban J connectivity index is 1.38. The van der Waals surface area contributed by atoms with Crippen LogP contribution in [0.25, 0.3) is 0 Å². The molecule has 2 spiro atoms. The van der Waals surface area contributed by atoms with Crippen LogP contribution in [0.2, 0.25) is 0 Å². The molecule has 0 unspecified atom stereocenters. The summed E-state index contributed by atoms with van der Waals surface area (Å²) in [6.45, 7) is 0. The van der Waals surface area contributed by atoms with Crippen LogP contribution in [0.5, 0.6) is 0 Å². The fourth-order valence-electron chi connectivity index (χ4n) is 9.72. The Hall–Kier alpha value is -0.400. The van der Waals surface area contributed by atoms with E-state index in [0.29, 0.717) is 11.1 Å². The van der Waals surface area contributed by atoms with Crippen LogP contribution in [0, 0.1) is 47.3 Å². The third-order valence-corrected chi connectivity index (χ3v) is 9.79. The van der Waals surface area contributed by atoms with E-state index in [-0.39, 0.29) is 0 Å². The van der Waals surface area contributed by atoms with Gasteiger partial charge in [0.25, 0.3) is 0 Å². The highest BCUT2D eigenvalue weighted by atomic mass is 15.4. The molecule has 0 atom stereocenters. The van der Waals surface area contributed by atoms with E-state index in [1.807, 2.05) is 0 Å². The molecule has 0 radical (unpaired) electrons. The molecule has 2 nitrogen and oxygen atoms in total. The fourth-order valence-corrected chi connectivity index (χ4v) is 9.72. The molecule has 0 saturated heterocycles. The number of hydrogen-bond acceptors (Lipinski definition) is 2. The first kappa shape index (κ1) is 12.0. The van der Waals surface area contributed by atoms with Gasteiger partial charge in [-0.3, -0.25) is 0 Å². The number of hydrogen-bond donors (Lipinski definition) is 0. The van der Waals surface area contributed by atoms with Crippen LogP contribution in [-0.2, 0) is 0 Å². The van der Waals surface area contributed by atoms with E-state index in [1.54, 1.807) is 12.8 Å². The van der Waals surface area contributed by atoms with Crippen molar-refractivity contribution in [3.8, 4) is 0 Å². The number of rotatable bonds is 0. The first-order valence-corrected chi connectivity index (χ1v) is 10.2. The van der Waals surface area contributed by atoms with E-state index < -0.39 is 0 Å². The van der Waals surface area contributed by atoms with Crippen molar-refractivity contribution in [2.75, 3.05) is 0 Å². The molecular weight excluding hydrogens is 268 g/mol. The maximum absolute atomic E-state index is 5.12. The quantitative estimate of drug-likeness (QED) is 0.611. The molecule has 0 aromatic carbocycles. The Morgan fingerprint density at radius 1 is 0.409 bits per heavy atom. The highest BCUT2D eigenvalue weighted by Crippen LogP contribution is 2.74. The Bertz CT molecular complexity index is 470. The maximum Gasteiger partial charge on any atom is 0.115 e. The van der Waals surface area contributed by atoms with Crippen LogP contribution in [0.3, 0.4) is 0 Å². The van der Waals surface area contributed by atoms with Gasteiger partial charge in [-0.2, -0.15) is 10.2 Å². The number of azo groups is 1. The van der Waals surface area contributed by atoms with E-state index in [1.165, 1.54) is 51.4 Å². The van der Waals surface area contributed by atoms with Crippen molar-refractivity contribution >= 4 is 0 Å². The van der Waals surface area contributed by atoms with Gasteiger partial charge >= 0.3 is 0 Å². The smallest absolute Gasteiger partial charge is 0.115 e. The molecule has 8 fully saturated rings. The van der Waals surface area contributed by atoms with Crippen molar-refractivity contribution in [1.29, 1.82) is 0 Å². The molecule has 8 aliphatic carbocycles. The van der Waals surface area contributed by atoms with Crippen molar-refractivity contribution in [3.05, 3.63) is 0 Å². The molecule has 9 aliphatic rings. The van der Waals surface area contributed by atoms with Crippen LogP contribution in [-0.4, -0.2) is 11.1 Å². The molecule has 9 rings (SSSR count). The van der Waals surface area contributed by atoms with Crippen molar-refractivity contribution in [1.82, 2.24) is 0 Å². The standard InChI is InChI=1S/C20H28N2/c1-11-3-15-5-12(1)6-16(4-11)19(15)20(22-21-19)17-7-13-2-14(9-17)10-18(20)8-13/h11-18H,1-10H2. The first-order valence-electron chi connectivity index (χ1n) is 10.2. The summed E-state index contributed by atoms with van der Waals surface area (Å²) in [4.78, 5) is 0. The van der Waals surface area contributed by atoms with Gasteiger partial charge < -0.3 is 0 Å². The topological polar surface area (TPSA) is 24.7 Å². The lowest BCUT2D eigenvalue weighted by Crippen LogP contribution is -2.78. The molecule has 8 bridgehead atoms. The van der Waals surface area contributed by atoms with Gasteiger partial charge in [0.15, 0.2) is 0 Å². The molecule has 0 N–H and O–H groups in total. The van der Waals surface area contributed by atoms with E-state index in [0.717, 1.165) is 47.3 Å². The molecule has 1 aliphatic heterocycles. The van der Waals surface area contributed by atoms with Crippen molar-refractivity contribution in [2.45, 2.75) is 75.3 Å². The SMILES string of the molecule is C1C2CC3CC1CC(C2)C31N=NC12C1CC3CC(C1)CC2C3. The molecule has 22 heavy (non-hydrogen) atoms. The summed E-state index contributed by atoms with van der Waals surface area (Å²) < 4.78 is 0. The van der Waals surface area contributed by atoms with E-state index >= 15 is 0 Å². The largest absolute Gasteiger partial charge is 0.183 e. The van der Waals surface area contributed by atoms with Crippen LogP contribution in [0.4, 0.5) is 0 Å². The second-order valence-electron chi connectivity index (χ2n) is 10.5. The lowest BCUT2D eigenvalue weighted by atomic mass is 9.35. The van der Waals surface area contributed by atoms with Crippen LogP contribution >= 0.6 is 0 Å². The van der Waals surface area contributed by atoms with Gasteiger partial charge in [0.05, 0.1) is 0 Å². The molecule has 0 aromatic heterocycles. The fraction of sp³-hybridized carbons (Fsp3) is 1.00. The van der Waals surface area contributed by atoms with Gasteiger partial charge in [-0.05, 0) is 112 Å². The molecule has 0 aromatic rings. The van der Waals surface area contributed by atoms with Gasteiger partial charge in [0, 0.05) is 0 Å². The van der Waals surface area contributed by atoms with Gasteiger partial charge in [0.1, 0.15) is 11.1 Å². The van der Waals surface area contributed by atoms with Crippen LogP contribution in [0.15, 0.2) is 10.2 Å². The Labute approximate surface area is 133 Å². The Morgan fingerprint density at radius 3 is 0.909 bits per heavy atom. The van der Waals surface area contributed by atoms with E-state index in [4.69, 9.17) is 10.2 Å². The zero-order valence-corrected chi connectivity index (χ0v) is 13.6. The van der Waals surface area contributed by atoms with Crippen LogP contribution in [0.1, 0.15) is 64.2 Å². The summed E-state index contributed by atoms with van der Waals surface area (Å²) in [5.41, 5.74) is 0.700. The average molecular weight is 296 g/mol. The minimum absolute atomic E-state index is 0.350. The Kier molecular flexibility index (Phi) is 1.91. The lowest BCUT2D eigenvalue weighted by molar-refractivity contribution is -0.198. The minimum atomic E-state index is 0.350. The summed E-state index contributed by atoms with van der Waals surface area (Å²) >= 11 is 0.